The molecule has 0 saturated carbocycles. The quantitative estimate of drug-likeness (QED) is 0.729. The van der Waals surface area contributed by atoms with Gasteiger partial charge in [-0.3, -0.25) is 4.79 Å². The highest BCUT2D eigenvalue weighted by Crippen LogP contribution is 2.13. The van der Waals surface area contributed by atoms with Gasteiger partial charge in [-0.1, -0.05) is 28.1 Å². The summed E-state index contributed by atoms with van der Waals surface area (Å²) in [6.07, 6.45) is 1.06. The number of benzene rings is 1. The Bertz CT molecular complexity index is 545. The maximum atomic E-state index is 11.7. The zero-order valence-corrected chi connectivity index (χ0v) is 13.4. The molecule has 0 saturated heterocycles. The van der Waals surface area contributed by atoms with Crippen LogP contribution in [0.2, 0.25) is 0 Å². The second-order valence-corrected chi connectivity index (χ2v) is 7.13. The van der Waals surface area contributed by atoms with Gasteiger partial charge in [0, 0.05) is 17.6 Å². The molecule has 0 bridgehead atoms. The molecule has 1 aromatic rings. The molecule has 1 aromatic carbocycles. The second-order valence-electron chi connectivity index (χ2n) is 4.23. The molecule has 0 heterocycles. The zero-order valence-electron chi connectivity index (χ0n) is 11.0. The highest BCUT2D eigenvalue weighted by Gasteiger charge is 2.20. The number of aliphatic hydroxyl groups is 1. The number of amides is 1. The number of carbonyl (C=O) groups is 1. The van der Waals surface area contributed by atoms with Gasteiger partial charge in [-0.25, -0.2) is 8.42 Å². The van der Waals surface area contributed by atoms with Crippen molar-refractivity contribution >= 4 is 31.9 Å². The number of aliphatic hydroxyl groups excluding tert-OH is 1. The molecule has 112 valence electrons. The van der Waals surface area contributed by atoms with Crippen LogP contribution in [0.15, 0.2) is 28.7 Å². The number of hydrogen-bond acceptors (Lipinski definition) is 4. The Balaban J connectivity index is 2.75. The molecule has 8 heteroatoms. The smallest absolute Gasteiger partial charge is 0.235 e. The first-order valence-electron chi connectivity index (χ1n) is 5.90. The van der Waals surface area contributed by atoms with Crippen LogP contribution < -0.4 is 5.32 Å². The van der Waals surface area contributed by atoms with Gasteiger partial charge < -0.3 is 10.4 Å². The predicted octanol–water partition coefficient (Wildman–Crippen LogP) is 0.319. The Morgan fingerprint density at radius 1 is 1.35 bits per heavy atom. The molecule has 0 fully saturated rings. The van der Waals surface area contributed by atoms with E-state index in [4.69, 9.17) is 5.11 Å². The third-order valence-electron chi connectivity index (χ3n) is 2.50. The monoisotopic (exact) mass is 364 g/mol. The Hall–Kier alpha value is -0.960. The number of hydrogen-bond donors (Lipinski definition) is 2. The van der Waals surface area contributed by atoms with Gasteiger partial charge in [-0.15, -0.1) is 0 Å². The lowest BCUT2D eigenvalue weighted by Crippen LogP contribution is -2.40. The fourth-order valence-corrected chi connectivity index (χ4v) is 2.49. The minimum atomic E-state index is -3.50. The molecule has 0 atom stereocenters. The summed E-state index contributed by atoms with van der Waals surface area (Å²) in [6.45, 7) is -0.223. The van der Waals surface area contributed by atoms with Crippen LogP contribution in [0.3, 0.4) is 0 Å². The minimum absolute atomic E-state index is 0.106. The lowest BCUT2D eigenvalue weighted by molar-refractivity contribution is -0.121. The molecule has 0 aliphatic heterocycles. The van der Waals surface area contributed by atoms with E-state index in [-0.39, 0.29) is 26.2 Å². The van der Waals surface area contributed by atoms with E-state index in [1.807, 2.05) is 12.1 Å². The summed E-state index contributed by atoms with van der Waals surface area (Å²) in [7, 11) is -3.50. The third-order valence-corrected chi connectivity index (χ3v) is 4.22. The molecule has 0 aliphatic carbocycles. The highest BCUT2D eigenvalue weighted by molar-refractivity contribution is 9.10. The van der Waals surface area contributed by atoms with Gasteiger partial charge in [0.1, 0.15) is 0 Å². The topological polar surface area (TPSA) is 86.7 Å². The summed E-state index contributed by atoms with van der Waals surface area (Å²) in [5.41, 5.74) is 0.786. The number of halogens is 1. The first kappa shape index (κ1) is 17.1. The number of sulfonamides is 1. The molecule has 0 unspecified atom stereocenters. The van der Waals surface area contributed by atoms with Gasteiger partial charge in [-0.05, 0) is 17.7 Å². The van der Waals surface area contributed by atoms with Crippen molar-refractivity contribution in [2.45, 2.75) is 6.54 Å². The lowest BCUT2D eigenvalue weighted by Gasteiger charge is -2.19. The number of nitrogens with zero attached hydrogens (tertiary/aromatic N) is 1. The second kappa shape index (κ2) is 7.72. The van der Waals surface area contributed by atoms with E-state index >= 15 is 0 Å². The van der Waals surface area contributed by atoms with Crippen LogP contribution in [-0.2, 0) is 21.4 Å². The van der Waals surface area contributed by atoms with E-state index in [0.717, 1.165) is 20.6 Å². The first-order chi connectivity index (χ1) is 9.32. The highest BCUT2D eigenvalue weighted by atomic mass is 79.9. The van der Waals surface area contributed by atoms with Gasteiger partial charge >= 0.3 is 0 Å². The van der Waals surface area contributed by atoms with Crippen LogP contribution >= 0.6 is 15.9 Å². The molecular formula is C12H17BrN2O4S. The molecule has 0 radical (unpaired) electrons. The largest absolute Gasteiger partial charge is 0.395 e. The summed E-state index contributed by atoms with van der Waals surface area (Å²) in [4.78, 5) is 11.6. The van der Waals surface area contributed by atoms with Crippen LogP contribution in [0.5, 0.6) is 0 Å². The number of nitrogens with one attached hydrogen (secondary N) is 1. The van der Waals surface area contributed by atoms with Crippen molar-refractivity contribution in [3.05, 3.63) is 34.3 Å². The summed E-state index contributed by atoms with van der Waals surface area (Å²) in [5.74, 6) is -0.443. The van der Waals surface area contributed by atoms with Crippen molar-refractivity contribution in [1.82, 2.24) is 9.62 Å². The Labute approximate surface area is 127 Å². The van der Waals surface area contributed by atoms with E-state index in [2.05, 4.69) is 21.2 Å². The molecule has 0 spiro atoms. The SMILES string of the molecule is CS(=O)(=O)N(CC(=O)NCCO)Cc1ccc(Br)cc1. The Morgan fingerprint density at radius 3 is 2.45 bits per heavy atom. The molecule has 6 nitrogen and oxygen atoms in total. The Kier molecular flexibility index (Phi) is 6.60. The number of carbonyl (C=O) groups excluding carboxylic acids is 1. The molecule has 1 amide bonds. The van der Waals surface area contributed by atoms with E-state index in [1.165, 1.54) is 0 Å². The predicted molar refractivity (Wildman–Crippen MR) is 79.5 cm³/mol. The van der Waals surface area contributed by atoms with Crippen molar-refractivity contribution < 1.29 is 18.3 Å². The average molecular weight is 365 g/mol. The fourth-order valence-electron chi connectivity index (χ4n) is 1.50. The van der Waals surface area contributed by atoms with Gasteiger partial charge in [0.05, 0.1) is 19.4 Å². The summed E-state index contributed by atoms with van der Waals surface area (Å²) >= 11 is 3.30. The lowest BCUT2D eigenvalue weighted by atomic mass is 10.2. The van der Waals surface area contributed by atoms with Crippen molar-refractivity contribution in [2.75, 3.05) is 26.0 Å². The van der Waals surface area contributed by atoms with Crippen LogP contribution in [0.4, 0.5) is 0 Å². The van der Waals surface area contributed by atoms with Crippen molar-refractivity contribution in [1.29, 1.82) is 0 Å². The van der Waals surface area contributed by atoms with Gasteiger partial charge in [-0.2, -0.15) is 4.31 Å². The molecule has 20 heavy (non-hydrogen) atoms. The van der Waals surface area contributed by atoms with Crippen LogP contribution in [0.25, 0.3) is 0 Å². The summed E-state index contributed by atoms with van der Waals surface area (Å²) in [5, 5.41) is 11.0. The van der Waals surface area contributed by atoms with Crippen LogP contribution in [0.1, 0.15) is 5.56 Å². The Morgan fingerprint density at radius 2 is 1.95 bits per heavy atom. The van der Waals surface area contributed by atoms with Crippen LogP contribution in [0, 0.1) is 0 Å². The van der Waals surface area contributed by atoms with Crippen molar-refractivity contribution in [3.8, 4) is 0 Å². The molecule has 2 N–H and O–H groups in total. The van der Waals surface area contributed by atoms with Crippen molar-refractivity contribution in [2.24, 2.45) is 0 Å². The average Bonchev–Trinajstić information content (AvgIpc) is 2.37. The fraction of sp³-hybridized carbons (Fsp3) is 0.417. The molecule has 1 rings (SSSR count). The van der Waals surface area contributed by atoms with Gasteiger partial charge in [0.25, 0.3) is 0 Å². The van der Waals surface area contributed by atoms with E-state index in [9.17, 15) is 13.2 Å². The van der Waals surface area contributed by atoms with Gasteiger partial charge in [0.2, 0.25) is 15.9 Å². The molecule has 0 aromatic heterocycles. The molecular weight excluding hydrogens is 348 g/mol. The summed E-state index contributed by atoms with van der Waals surface area (Å²) in [6, 6.07) is 7.19. The maximum Gasteiger partial charge on any atom is 0.235 e. The zero-order chi connectivity index (χ0) is 15.2. The third kappa shape index (κ3) is 6.00. The van der Waals surface area contributed by atoms with E-state index in [1.54, 1.807) is 12.1 Å². The number of rotatable bonds is 7. The normalized spacial score (nSPS) is 11.6. The minimum Gasteiger partial charge on any atom is -0.395 e. The van der Waals surface area contributed by atoms with Crippen molar-refractivity contribution in [3.63, 3.8) is 0 Å². The maximum absolute atomic E-state index is 11.7. The van der Waals surface area contributed by atoms with E-state index < -0.39 is 15.9 Å². The van der Waals surface area contributed by atoms with Gasteiger partial charge in [0.15, 0.2) is 0 Å². The standard InChI is InChI=1S/C12H17BrN2O4S/c1-20(18,19)15(9-12(17)14-6-7-16)8-10-2-4-11(13)5-3-10/h2-5,16H,6-9H2,1H3,(H,14,17). The summed E-state index contributed by atoms with van der Waals surface area (Å²) < 4.78 is 25.4. The molecule has 0 aliphatic rings. The first-order valence-corrected chi connectivity index (χ1v) is 8.54. The van der Waals surface area contributed by atoms with Crippen LogP contribution in [-0.4, -0.2) is 49.7 Å². The van der Waals surface area contributed by atoms with E-state index in [0.29, 0.717) is 0 Å².